The normalized spacial score (nSPS) is 16.5. The van der Waals surface area contributed by atoms with E-state index in [2.05, 4.69) is 21.6 Å². The molecule has 222 valence electrons. The summed E-state index contributed by atoms with van der Waals surface area (Å²) in [6, 6.07) is 13.3. The summed E-state index contributed by atoms with van der Waals surface area (Å²) >= 11 is 2.49. The molecule has 1 aliphatic carbocycles. The van der Waals surface area contributed by atoms with Gasteiger partial charge in [-0.25, -0.2) is 0 Å². The molecular formula is C30H30N6O5S2. The van der Waals surface area contributed by atoms with E-state index in [0.717, 1.165) is 11.3 Å². The van der Waals surface area contributed by atoms with Crippen LogP contribution >= 0.6 is 23.1 Å². The van der Waals surface area contributed by atoms with Gasteiger partial charge < -0.3 is 25.3 Å². The van der Waals surface area contributed by atoms with Crippen LogP contribution in [0.2, 0.25) is 0 Å². The van der Waals surface area contributed by atoms with E-state index in [-0.39, 0.29) is 28.8 Å². The number of thioether (sulfide) groups is 1. The monoisotopic (exact) mass is 618 g/mol. The lowest BCUT2D eigenvalue weighted by Gasteiger charge is -2.38. The number of amides is 1. The molecule has 0 fully saturated rings. The zero-order valence-electron chi connectivity index (χ0n) is 24.1. The Morgan fingerprint density at radius 1 is 1.16 bits per heavy atom. The van der Waals surface area contributed by atoms with Crippen molar-refractivity contribution in [3.8, 4) is 23.3 Å². The van der Waals surface area contributed by atoms with Gasteiger partial charge in [-0.15, -0.1) is 10.2 Å². The smallest absolute Gasteiger partial charge is 0.234 e. The average molecular weight is 619 g/mol. The van der Waals surface area contributed by atoms with Gasteiger partial charge in [-0.3, -0.25) is 14.5 Å². The third-order valence-corrected chi connectivity index (χ3v) is 9.31. The molecule has 1 unspecified atom stereocenters. The molecule has 2 aromatic carbocycles. The number of nitriles is 1. The fraction of sp³-hybridized carbons (Fsp3) is 0.300. The Labute approximate surface area is 257 Å². The van der Waals surface area contributed by atoms with Crippen molar-refractivity contribution in [2.75, 3.05) is 37.3 Å². The molecule has 2 heterocycles. The highest BCUT2D eigenvalue weighted by atomic mass is 32.2. The number of para-hydroxylation sites is 1. The van der Waals surface area contributed by atoms with E-state index < -0.39 is 5.92 Å². The Morgan fingerprint density at radius 3 is 2.53 bits per heavy atom. The third-order valence-electron chi connectivity index (χ3n) is 7.27. The molecule has 2 aliphatic rings. The molecule has 11 nitrogen and oxygen atoms in total. The van der Waals surface area contributed by atoms with Crippen LogP contribution in [0.1, 0.15) is 36.3 Å². The molecule has 43 heavy (non-hydrogen) atoms. The molecular weight excluding hydrogens is 589 g/mol. The lowest BCUT2D eigenvalue weighted by molar-refractivity contribution is -0.116. The predicted octanol–water partition coefficient (Wildman–Crippen LogP) is 4.91. The van der Waals surface area contributed by atoms with Crippen LogP contribution in [-0.2, 0) is 9.59 Å². The summed E-state index contributed by atoms with van der Waals surface area (Å²) < 4.78 is 17.1. The molecule has 0 saturated heterocycles. The van der Waals surface area contributed by atoms with Gasteiger partial charge in [-0.05, 0) is 49.1 Å². The number of allylic oxidation sites excluding steroid dienone is 3. The number of aromatic nitrogens is 2. The second kappa shape index (κ2) is 12.8. The number of nitrogens with one attached hydrogen (secondary N) is 1. The SMILES string of the molecule is COc1cc(C2C(C#N)=C(N)N(c3nnc(SCC(=O)Nc4ccccc4C)s3)C3=C2C(=O)CCC3)cc(OC)c1OC. The number of Topliss-reactive ketones (excluding diaryl/α,β-unsaturated/α-hetero) is 1. The van der Waals surface area contributed by atoms with Crippen LogP contribution in [0.25, 0.3) is 0 Å². The van der Waals surface area contributed by atoms with Gasteiger partial charge in [0.15, 0.2) is 21.6 Å². The van der Waals surface area contributed by atoms with Crippen molar-refractivity contribution in [1.82, 2.24) is 10.2 Å². The number of carbonyl (C=O) groups excluding carboxylic acids is 2. The number of ketones is 1. The molecule has 1 atom stereocenters. The zero-order chi connectivity index (χ0) is 30.7. The fourth-order valence-corrected chi connectivity index (χ4v) is 6.96. The Bertz CT molecular complexity index is 1670. The summed E-state index contributed by atoms with van der Waals surface area (Å²) in [7, 11) is 4.52. The number of aryl methyl sites for hydroxylation is 1. The van der Waals surface area contributed by atoms with E-state index in [1.807, 2.05) is 31.2 Å². The van der Waals surface area contributed by atoms with Crippen LogP contribution in [0.3, 0.4) is 0 Å². The zero-order valence-corrected chi connectivity index (χ0v) is 25.7. The number of methoxy groups -OCH3 is 3. The summed E-state index contributed by atoms with van der Waals surface area (Å²) in [5.41, 5.74) is 10.4. The van der Waals surface area contributed by atoms with Crippen molar-refractivity contribution >= 4 is 45.6 Å². The number of hydrogen-bond donors (Lipinski definition) is 2. The molecule has 1 aromatic heterocycles. The first-order valence-corrected chi connectivity index (χ1v) is 15.2. The van der Waals surface area contributed by atoms with Crippen LogP contribution in [0.4, 0.5) is 10.8 Å². The number of nitrogens with two attached hydrogens (primary N) is 1. The molecule has 0 bridgehead atoms. The molecule has 0 spiro atoms. The highest BCUT2D eigenvalue weighted by Gasteiger charge is 2.42. The van der Waals surface area contributed by atoms with Gasteiger partial charge in [-0.1, -0.05) is 41.3 Å². The van der Waals surface area contributed by atoms with Crippen LogP contribution in [0.15, 0.2) is 63.4 Å². The number of anilines is 2. The maximum Gasteiger partial charge on any atom is 0.234 e. The maximum absolute atomic E-state index is 13.5. The van der Waals surface area contributed by atoms with Crippen molar-refractivity contribution in [3.05, 3.63) is 70.2 Å². The van der Waals surface area contributed by atoms with E-state index >= 15 is 0 Å². The number of nitrogens with zero attached hydrogens (tertiary/aromatic N) is 4. The maximum atomic E-state index is 13.5. The topological polar surface area (TPSA) is 153 Å². The van der Waals surface area contributed by atoms with Gasteiger partial charge in [-0.2, -0.15) is 5.26 Å². The van der Waals surface area contributed by atoms with E-state index in [0.29, 0.717) is 62.8 Å². The minimum Gasteiger partial charge on any atom is -0.493 e. The predicted molar refractivity (Wildman–Crippen MR) is 164 cm³/mol. The second-order valence-electron chi connectivity index (χ2n) is 9.78. The molecule has 1 amide bonds. The summed E-state index contributed by atoms with van der Waals surface area (Å²) in [4.78, 5) is 27.8. The van der Waals surface area contributed by atoms with Gasteiger partial charge in [0.2, 0.25) is 16.8 Å². The lowest BCUT2D eigenvalue weighted by atomic mass is 9.75. The fourth-order valence-electron chi connectivity index (χ4n) is 5.28. The average Bonchev–Trinajstić information content (AvgIpc) is 3.48. The van der Waals surface area contributed by atoms with E-state index in [1.54, 1.807) is 17.0 Å². The number of benzene rings is 2. The van der Waals surface area contributed by atoms with Crippen molar-refractivity contribution in [3.63, 3.8) is 0 Å². The largest absolute Gasteiger partial charge is 0.493 e. The van der Waals surface area contributed by atoms with Gasteiger partial charge in [0, 0.05) is 23.4 Å². The molecule has 1 aliphatic heterocycles. The van der Waals surface area contributed by atoms with E-state index in [1.165, 1.54) is 44.4 Å². The first kappa shape index (κ1) is 29.9. The molecule has 0 saturated carbocycles. The van der Waals surface area contributed by atoms with Crippen molar-refractivity contribution in [2.45, 2.75) is 36.4 Å². The van der Waals surface area contributed by atoms with Crippen LogP contribution in [0, 0.1) is 18.3 Å². The Balaban J connectivity index is 1.48. The van der Waals surface area contributed by atoms with Gasteiger partial charge >= 0.3 is 0 Å². The molecule has 5 rings (SSSR count). The van der Waals surface area contributed by atoms with E-state index in [9.17, 15) is 14.9 Å². The number of rotatable bonds is 9. The molecule has 13 heteroatoms. The van der Waals surface area contributed by atoms with Gasteiger partial charge in [0.1, 0.15) is 5.82 Å². The second-order valence-corrected chi connectivity index (χ2v) is 12.0. The van der Waals surface area contributed by atoms with Crippen molar-refractivity contribution in [1.29, 1.82) is 5.26 Å². The van der Waals surface area contributed by atoms with Crippen molar-refractivity contribution in [2.24, 2.45) is 5.73 Å². The highest BCUT2D eigenvalue weighted by Crippen LogP contribution is 2.50. The Hall–Kier alpha value is -4.54. The van der Waals surface area contributed by atoms with E-state index in [4.69, 9.17) is 19.9 Å². The Morgan fingerprint density at radius 2 is 1.88 bits per heavy atom. The Kier molecular flexibility index (Phi) is 8.89. The minimum absolute atomic E-state index is 0.0720. The summed E-state index contributed by atoms with van der Waals surface area (Å²) in [6.07, 6.45) is 1.53. The standard InChI is InChI=1S/C30H30N6O5S2/c1-16-8-5-6-9-19(16)33-24(38)15-42-30-35-34-29(43-30)36-20-10-7-11-21(37)26(20)25(18(14-31)28(36)32)17-12-22(39-2)27(41-4)23(13-17)40-3/h5-6,8-9,12-13,25H,7,10-11,15,32H2,1-4H3,(H,33,38). The van der Waals surface area contributed by atoms with Gasteiger partial charge in [0.05, 0.1) is 44.6 Å². The summed E-state index contributed by atoms with van der Waals surface area (Å²) in [5.74, 6) is 0.527. The third kappa shape index (κ3) is 5.76. The van der Waals surface area contributed by atoms with Crippen LogP contribution < -0.4 is 30.2 Å². The number of carbonyl (C=O) groups is 2. The molecule has 0 radical (unpaired) electrons. The lowest BCUT2D eigenvalue weighted by Crippen LogP contribution is -2.38. The number of ether oxygens (including phenoxy) is 3. The summed E-state index contributed by atoms with van der Waals surface area (Å²) in [5, 5.41) is 22.3. The van der Waals surface area contributed by atoms with Crippen LogP contribution in [-0.4, -0.2) is 49.0 Å². The molecule has 3 N–H and O–H groups in total. The van der Waals surface area contributed by atoms with Gasteiger partial charge in [0.25, 0.3) is 0 Å². The first-order chi connectivity index (χ1) is 20.8. The number of hydrogen-bond acceptors (Lipinski definition) is 12. The minimum atomic E-state index is -0.732. The first-order valence-electron chi connectivity index (χ1n) is 13.4. The summed E-state index contributed by atoms with van der Waals surface area (Å²) in [6.45, 7) is 1.93. The van der Waals surface area contributed by atoms with Crippen molar-refractivity contribution < 1.29 is 23.8 Å². The molecule has 3 aromatic rings. The highest BCUT2D eigenvalue weighted by molar-refractivity contribution is 8.01. The van der Waals surface area contributed by atoms with Crippen LogP contribution in [0.5, 0.6) is 17.2 Å². The quantitative estimate of drug-likeness (QED) is 0.315.